The molecule has 2 nitrogen and oxygen atoms in total. The first-order valence-electron chi connectivity index (χ1n) is 3.90. The molecule has 0 unspecified atom stereocenters. The van der Waals surface area contributed by atoms with Crippen LogP contribution in [0.15, 0.2) is 24.3 Å². The fourth-order valence-electron chi connectivity index (χ4n) is 1.06. The van der Waals surface area contributed by atoms with E-state index < -0.39 is 0 Å². The van der Waals surface area contributed by atoms with Crippen LogP contribution >= 0.6 is 0 Å². The van der Waals surface area contributed by atoms with Crippen molar-refractivity contribution in [1.29, 1.82) is 5.26 Å². The molecule has 0 aliphatic rings. The summed E-state index contributed by atoms with van der Waals surface area (Å²) in [5, 5.41) is 8.74. The van der Waals surface area contributed by atoms with Gasteiger partial charge in [0.05, 0.1) is 11.6 Å². The van der Waals surface area contributed by atoms with Crippen LogP contribution in [0.25, 0.3) is 6.08 Å². The molecule has 0 aliphatic heterocycles. The molecule has 0 amide bonds. The lowest BCUT2D eigenvalue weighted by Gasteiger charge is -1.98. The number of rotatable bonds is 2. The molecule has 0 atom stereocenters. The first kappa shape index (κ1) is 9.21. The summed E-state index contributed by atoms with van der Waals surface area (Å²) < 4.78 is 0. The van der Waals surface area contributed by atoms with Crippen molar-refractivity contribution < 1.29 is 4.79 Å². The molecule has 0 fully saturated rings. The lowest BCUT2D eigenvalue weighted by molar-refractivity contribution is -0.104. The Morgan fingerprint density at radius 3 is 2.85 bits per heavy atom. The normalized spacial score (nSPS) is 9.85. The van der Waals surface area contributed by atoms with E-state index in [2.05, 4.69) is 6.07 Å². The standard InChI is InChI=1S/C11H9NO/c1-9-4-5-11(8-12)10(7-9)3-2-6-13/h2-7H,1H3. The van der Waals surface area contributed by atoms with Gasteiger partial charge in [-0.05, 0) is 24.6 Å². The highest BCUT2D eigenvalue weighted by molar-refractivity contribution is 5.75. The number of aryl methyl sites for hydroxylation is 1. The maximum Gasteiger partial charge on any atom is 0.142 e. The van der Waals surface area contributed by atoms with Gasteiger partial charge >= 0.3 is 0 Å². The Balaban J connectivity index is 3.17. The minimum Gasteiger partial charge on any atom is -0.299 e. The third-order valence-corrected chi connectivity index (χ3v) is 1.68. The van der Waals surface area contributed by atoms with Crippen LogP contribution < -0.4 is 0 Å². The molecule has 0 saturated heterocycles. The molecule has 64 valence electrons. The Hall–Kier alpha value is -1.88. The average molecular weight is 171 g/mol. The van der Waals surface area contributed by atoms with Crippen molar-refractivity contribution >= 4 is 12.4 Å². The van der Waals surface area contributed by atoms with Crippen LogP contribution in [0.2, 0.25) is 0 Å². The largest absolute Gasteiger partial charge is 0.299 e. The Labute approximate surface area is 77.1 Å². The second-order valence-corrected chi connectivity index (χ2v) is 2.70. The van der Waals surface area contributed by atoms with Crippen molar-refractivity contribution in [3.05, 3.63) is 41.0 Å². The average Bonchev–Trinajstić information content (AvgIpc) is 2.15. The summed E-state index contributed by atoms with van der Waals surface area (Å²) in [5.74, 6) is 0. The molecule has 1 rings (SSSR count). The van der Waals surface area contributed by atoms with E-state index in [4.69, 9.17) is 5.26 Å². The molecule has 0 spiro atoms. The predicted molar refractivity (Wildman–Crippen MR) is 51.0 cm³/mol. The monoisotopic (exact) mass is 171 g/mol. The smallest absolute Gasteiger partial charge is 0.142 e. The van der Waals surface area contributed by atoms with Gasteiger partial charge in [-0.15, -0.1) is 0 Å². The molecular weight excluding hydrogens is 162 g/mol. The van der Waals surface area contributed by atoms with Crippen molar-refractivity contribution in [2.45, 2.75) is 6.92 Å². The number of aldehydes is 1. The van der Waals surface area contributed by atoms with Gasteiger partial charge in [-0.3, -0.25) is 4.79 Å². The van der Waals surface area contributed by atoms with Crippen LogP contribution in [0.5, 0.6) is 0 Å². The van der Waals surface area contributed by atoms with Crippen molar-refractivity contribution in [2.24, 2.45) is 0 Å². The number of allylic oxidation sites excluding steroid dienone is 1. The number of carbonyl (C=O) groups is 1. The highest BCUT2D eigenvalue weighted by Crippen LogP contribution is 2.11. The van der Waals surface area contributed by atoms with E-state index in [1.54, 1.807) is 12.1 Å². The molecular formula is C11H9NO. The topological polar surface area (TPSA) is 40.9 Å². The molecule has 13 heavy (non-hydrogen) atoms. The van der Waals surface area contributed by atoms with Crippen LogP contribution in [0, 0.1) is 18.3 Å². The van der Waals surface area contributed by atoms with Crippen LogP contribution in [-0.2, 0) is 4.79 Å². The van der Waals surface area contributed by atoms with Gasteiger partial charge in [0.15, 0.2) is 0 Å². The van der Waals surface area contributed by atoms with E-state index in [-0.39, 0.29) is 0 Å². The first-order chi connectivity index (χ1) is 6.27. The molecule has 0 N–H and O–H groups in total. The lowest BCUT2D eigenvalue weighted by Crippen LogP contribution is -1.83. The molecule has 0 bridgehead atoms. The summed E-state index contributed by atoms with van der Waals surface area (Å²) in [6.45, 7) is 1.94. The number of benzene rings is 1. The summed E-state index contributed by atoms with van der Waals surface area (Å²) in [6.07, 6.45) is 3.72. The highest BCUT2D eigenvalue weighted by atomic mass is 16.1. The Kier molecular flexibility index (Phi) is 2.99. The highest BCUT2D eigenvalue weighted by Gasteiger charge is 1.97. The van der Waals surface area contributed by atoms with E-state index in [0.717, 1.165) is 11.1 Å². The first-order valence-corrected chi connectivity index (χ1v) is 3.90. The summed E-state index contributed by atoms with van der Waals surface area (Å²) in [5.41, 5.74) is 2.45. The van der Waals surface area contributed by atoms with Gasteiger partial charge in [-0.2, -0.15) is 5.26 Å². The Morgan fingerprint density at radius 2 is 2.23 bits per heavy atom. The Bertz CT molecular complexity index is 386. The number of nitrogens with zero attached hydrogens (tertiary/aromatic N) is 1. The van der Waals surface area contributed by atoms with Gasteiger partial charge in [0.1, 0.15) is 6.29 Å². The fraction of sp³-hybridized carbons (Fsp3) is 0.0909. The van der Waals surface area contributed by atoms with Crippen LogP contribution in [0.4, 0.5) is 0 Å². The van der Waals surface area contributed by atoms with Gasteiger partial charge in [0.25, 0.3) is 0 Å². The molecule has 0 aliphatic carbocycles. The van der Waals surface area contributed by atoms with Crippen molar-refractivity contribution in [1.82, 2.24) is 0 Å². The SMILES string of the molecule is Cc1ccc(C#N)c(C=CC=O)c1. The van der Waals surface area contributed by atoms with E-state index in [9.17, 15) is 4.79 Å². The number of carbonyl (C=O) groups excluding carboxylic acids is 1. The fourth-order valence-corrected chi connectivity index (χ4v) is 1.06. The molecule has 1 aromatic carbocycles. The summed E-state index contributed by atoms with van der Waals surface area (Å²) >= 11 is 0. The van der Waals surface area contributed by atoms with Crippen LogP contribution in [0.1, 0.15) is 16.7 Å². The number of hydrogen-bond donors (Lipinski definition) is 0. The van der Waals surface area contributed by atoms with E-state index in [1.165, 1.54) is 6.08 Å². The Morgan fingerprint density at radius 1 is 1.46 bits per heavy atom. The van der Waals surface area contributed by atoms with Gasteiger partial charge in [-0.1, -0.05) is 23.8 Å². The zero-order valence-corrected chi connectivity index (χ0v) is 7.32. The molecule has 0 radical (unpaired) electrons. The van der Waals surface area contributed by atoms with Gasteiger partial charge in [0.2, 0.25) is 0 Å². The maximum absolute atomic E-state index is 10.1. The van der Waals surface area contributed by atoms with E-state index in [0.29, 0.717) is 11.8 Å². The molecule has 2 heteroatoms. The van der Waals surface area contributed by atoms with Crippen LogP contribution in [0.3, 0.4) is 0 Å². The lowest BCUT2D eigenvalue weighted by atomic mass is 10.1. The minimum absolute atomic E-state index is 0.587. The van der Waals surface area contributed by atoms with Gasteiger partial charge in [-0.25, -0.2) is 0 Å². The van der Waals surface area contributed by atoms with E-state index >= 15 is 0 Å². The minimum atomic E-state index is 0.587. The second-order valence-electron chi connectivity index (χ2n) is 2.70. The maximum atomic E-state index is 10.1. The summed E-state index contributed by atoms with van der Waals surface area (Å²) in [6, 6.07) is 7.56. The predicted octanol–water partition coefficient (Wildman–Crippen LogP) is 2.08. The number of hydrogen-bond acceptors (Lipinski definition) is 2. The van der Waals surface area contributed by atoms with Gasteiger partial charge in [0, 0.05) is 0 Å². The second kappa shape index (κ2) is 4.22. The van der Waals surface area contributed by atoms with Crippen molar-refractivity contribution in [3.8, 4) is 6.07 Å². The van der Waals surface area contributed by atoms with Crippen molar-refractivity contribution in [2.75, 3.05) is 0 Å². The molecule has 0 heterocycles. The zero-order chi connectivity index (χ0) is 9.68. The van der Waals surface area contributed by atoms with Crippen molar-refractivity contribution in [3.63, 3.8) is 0 Å². The molecule has 0 saturated carbocycles. The summed E-state index contributed by atoms with van der Waals surface area (Å²) in [4.78, 5) is 10.1. The summed E-state index contributed by atoms with van der Waals surface area (Å²) in [7, 11) is 0. The number of nitriles is 1. The van der Waals surface area contributed by atoms with Gasteiger partial charge < -0.3 is 0 Å². The third-order valence-electron chi connectivity index (χ3n) is 1.68. The van der Waals surface area contributed by atoms with Crippen LogP contribution in [-0.4, -0.2) is 6.29 Å². The molecule has 0 aromatic heterocycles. The molecule has 1 aromatic rings. The zero-order valence-electron chi connectivity index (χ0n) is 7.32. The van der Waals surface area contributed by atoms with E-state index in [1.807, 2.05) is 19.1 Å². The quantitative estimate of drug-likeness (QED) is 0.505. The third kappa shape index (κ3) is 2.28.